The predicted molar refractivity (Wildman–Crippen MR) is 121 cm³/mol. The van der Waals surface area contributed by atoms with Crippen molar-refractivity contribution in [3.05, 3.63) is 46.9 Å². The summed E-state index contributed by atoms with van der Waals surface area (Å²) in [6.45, 7) is 3.00. The van der Waals surface area contributed by atoms with Gasteiger partial charge in [-0.05, 0) is 31.9 Å². The summed E-state index contributed by atoms with van der Waals surface area (Å²) < 4.78 is 15.3. The molecule has 166 valence electrons. The minimum Gasteiger partial charge on any atom is -0.381 e. The van der Waals surface area contributed by atoms with Crippen LogP contribution in [0, 0.1) is 0 Å². The van der Waals surface area contributed by atoms with E-state index in [4.69, 9.17) is 17.3 Å². The zero-order chi connectivity index (χ0) is 22.4. The Kier molecular flexibility index (Phi) is 5.09. The predicted octanol–water partition coefficient (Wildman–Crippen LogP) is 3.27. The van der Waals surface area contributed by atoms with Crippen molar-refractivity contribution in [1.29, 1.82) is 0 Å². The Balaban J connectivity index is 1.53. The van der Waals surface area contributed by atoms with Gasteiger partial charge in [0.2, 0.25) is 0 Å². The standard InChI is InChI=1S/C21H22ClFN8O/c1-11(27-21(32)16-19(24)29-31-6-2-5-25-20(16)31)13-9-15(22)14-10-26-28-17(14)18(13)30-7-3-12(23)4-8-30/h2,5-6,9-12H,3-4,7-8H2,1H3,(H2,24,29)(H,26,28)(H,27,32). The number of hydrogen-bond donors (Lipinski definition) is 3. The van der Waals surface area contributed by atoms with Gasteiger partial charge in [-0.25, -0.2) is 13.9 Å². The van der Waals surface area contributed by atoms with E-state index in [-0.39, 0.29) is 11.4 Å². The molecule has 1 aliphatic heterocycles. The zero-order valence-corrected chi connectivity index (χ0v) is 18.1. The number of alkyl halides is 1. The third-order valence-corrected chi connectivity index (χ3v) is 6.21. The van der Waals surface area contributed by atoms with Crippen LogP contribution < -0.4 is 16.0 Å². The van der Waals surface area contributed by atoms with Crippen LogP contribution in [0.1, 0.15) is 41.7 Å². The lowest BCUT2D eigenvalue weighted by molar-refractivity contribution is 0.0942. The van der Waals surface area contributed by atoms with Crippen LogP contribution >= 0.6 is 11.6 Å². The van der Waals surface area contributed by atoms with E-state index >= 15 is 0 Å². The van der Waals surface area contributed by atoms with Crippen LogP contribution in [-0.2, 0) is 0 Å². The van der Waals surface area contributed by atoms with Crippen molar-refractivity contribution in [2.45, 2.75) is 32.0 Å². The number of nitrogens with zero attached hydrogens (tertiary/aromatic N) is 5. The highest BCUT2D eigenvalue weighted by molar-refractivity contribution is 6.36. The van der Waals surface area contributed by atoms with E-state index in [2.05, 4.69) is 30.5 Å². The summed E-state index contributed by atoms with van der Waals surface area (Å²) >= 11 is 6.53. The van der Waals surface area contributed by atoms with Crippen molar-refractivity contribution in [2.75, 3.05) is 23.7 Å². The molecule has 1 aromatic carbocycles. The van der Waals surface area contributed by atoms with Gasteiger partial charge in [-0.3, -0.25) is 9.89 Å². The molecule has 1 saturated heterocycles. The van der Waals surface area contributed by atoms with Gasteiger partial charge >= 0.3 is 0 Å². The number of H-pyrrole nitrogens is 1. The normalized spacial score (nSPS) is 16.0. The lowest BCUT2D eigenvalue weighted by Gasteiger charge is -2.34. The van der Waals surface area contributed by atoms with Crippen LogP contribution in [0.5, 0.6) is 0 Å². The SMILES string of the molecule is CC(NC(=O)c1c(N)nn2cccnc12)c1cc(Cl)c2cn[nH]c2c1N1CCC(F)CC1. The molecular formula is C21H22ClFN8O. The number of hydrogen-bond acceptors (Lipinski definition) is 6. The molecule has 0 aliphatic carbocycles. The third-order valence-electron chi connectivity index (χ3n) is 5.89. The van der Waals surface area contributed by atoms with Gasteiger partial charge in [0.05, 0.1) is 28.5 Å². The van der Waals surface area contributed by atoms with Crippen LogP contribution in [0.15, 0.2) is 30.7 Å². The fraction of sp³-hybridized carbons (Fsp3) is 0.333. The van der Waals surface area contributed by atoms with Crippen molar-refractivity contribution in [2.24, 2.45) is 0 Å². The molecule has 0 bridgehead atoms. The molecule has 9 nitrogen and oxygen atoms in total. The number of piperidine rings is 1. The van der Waals surface area contributed by atoms with Gasteiger partial charge in [-0.15, -0.1) is 5.10 Å². The van der Waals surface area contributed by atoms with Gasteiger partial charge in [0.25, 0.3) is 5.91 Å². The molecule has 11 heteroatoms. The van der Waals surface area contributed by atoms with E-state index in [1.807, 2.05) is 13.0 Å². The van der Waals surface area contributed by atoms with E-state index in [9.17, 15) is 9.18 Å². The van der Waals surface area contributed by atoms with Crippen molar-refractivity contribution < 1.29 is 9.18 Å². The van der Waals surface area contributed by atoms with Crippen LogP contribution in [0.2, 0.25) is 5.02 Å². The van der Waals surface area contributed by atoms with Gasteiger partial charge in [0, 0.05) is 36.4 Å². The summed E-state index contributed by atoms with van der Waals surface area (Å²) in [7, 11) is 0. The summed E-state index contributed by atoms with van der Waals surface area (Å²) in [6, 6.07) is 3.11. The Hall–Kier alpha value is -3.40. The van der Waals surface area contributed by atoms with Gasteiger partial charge in [-0.2, -0.15) is 5.10 Å². The molecule has 1 aliphatic rings. The average molecular weight is 457 g/mol. The Labute approximate surface area is 187 Å². The largest absolute Gasteiger partial charge is 0.381 e. The van der Waals surface area contributed by atoms with Gasteiger partial charge in [-0.1, -0.05) is 11.6 Å². The third kappa shape index (κ3) is 3.40. The van der Waals surface area contributed by atoms with E-state index in [1.54, 1.807) is 24.7 Å². The molecule has 4 aromatic rings. The fourth-order valence-electron chi connectivity index (χ4n) is 4.29. The highest BCUT2D eigenvalue weighted by atomic mass is 35.5. The molecule has 0 saturated carbocycles. The van der Waals surface area contributed by atoms with Crippen LogP contribution in [0.3, 0.4) is 0 Å². The maximum Gasteiger partial charge on any atom is 0.259 e. The second-order valence-corrected chi connectivity index (χ2v) is 8.37. The summed E-state index contributed by atoms with van der Waals surface area (Å²) in [5.41, 5.74) is 9.03. The fourth-order valence-corrected chi connectivity index (χ4v) is 4.55. The molecule has 1 amide bonds. The van der Waals surface area contributed by atoms with Crippen LogP contribution in [-0.4, -0.2) is 50.0 Å². The quantitative estimate of drug-likeness (QED) is 0.434. The molecule has 3 aromatic heterocycles. The lowest BCUT2D eigenvalue weighted by Crippen LogP contribution is -2.36. The number of aromatic nitrogens is 5. The highest BCUT2D eigenvalue weighted by Gasteiger charge is 2.28. The first kappa shape index (κ1) is 20.5. The monoisotopic (exact) mass is 456 g/mol. The van der Waals surface area contributed by atoms with Crippen LogP contribution in [0.25, 0.3) is 16.6 Å². The number of nitrogens with one attached hydrogen (secondary N) is 2. The number of benzene rings is 1. The number of carbonyl (C=O) groups is 1. The van der Waals surface area contributed by atoms with Crippen molar-refractivity contribution in [3.8, 4) is 0 Å². The number of halogens is 2. The molecule has 5 rings (SSSR count). The van der Waals surface area contributed by atoms with E-state index < -0.39 is 18.1 Å². The average Bonchev–Trinajstić information content (AvgIpc) is 3.38. The first-order valence-electron chi connectivity index (χ1n) is 10.4. The zero-order valence-electron chi connectivity index (χ0n) is 17.3. The second-order valence-electron chi connectivity index (χ2n) is 7.96. The molecule has 4 N–H and O–H groups in total. The van der Waals surface area contributed by atoms with E-state index in [0.29, 0.717) is 36.6 Å². The lowest BCUT2D eigenvalue weighted by atomic mass is 9.99. The molecule has 1 fully saturated rings. The number of anilines is 2. The molecule has 32 heavy (non-hydrogen) atoms. The number of aromatic amines is 1. The Morgan fingerprint density at radius 2 is 2.19 bits per heavy atom. The van der Waals surface area contributed by atoms with Gasteiger partial charge in [0.15, 0.2) is 11.5 Å². The molecule has 1 unspecified atom stereocenters. The second kappa shape index (κ2) is 7.94. The number of nitrogen functional groups attached to an aromatic ring is 1. The summed E-state index contributed by atoms with van der Waals surface area (Å²) in [5.74, 6) is -0.293. The smallest absolute Gasteiger partial charge is 0.259 e. The molecular weight excluding hydrogens is 435 g/mol. The summed E-state index contributed by atoms with van der Waals surface area (Å²) in [6.07, 6.45) is 5.02. The van der Waals surface area contributed by atoms with Crippen molar-refractivity contribution in [1.82, 2.24) is 30.1 Å². The Bertz CT molecular complexity index is 1310. The minimum absolute atomic E-state index is 0.0979. The number of rotatable bonds is 4. The highest BCUT2D eigenvalue weighted by Crippen LogP contribution is 2.39. The Morgan fingerprint density at radius 1 is 1.41 bits per heavy atom. The molecule has 1 atom stereocenters. The maximum absolute atomic E-state index is 13.8. The van der Waals surface area contributed by atoms with Gasteiger partial charge in [0.1, 0.15) is 11.7 Å². The first-order chi connectivity index (χ1) is 15.4. The topological polar surface area (TPSA) is 117 Å². The number of fused-ring (bicyclic) bond motifs is 2. The van der Waals surface area contributed by atoms with E-state index in [1.165, 1.54) is 4.52 Å². The summed E-state index contributed by atoms with van der Waals surface area (Å²) in [4.78, 5) is 19.5. The van der Waals surface area contributed by atoms with Gasteiger partial charge < -0.3 is 16.0 Å². The van der Waals surface area contributed by atoms with Crippen molar-refractivity contribution >= 4 is 45.6 Å². The van der Waals surface area contributed by atoms with Crippen molar-refractivity contribution in [3.63, 3.8) is 0 Å². The number of nitrogens with two attached hydrogens (primary N) is 1. The maximum atomic E-state index is 13.8. The first-order valence-corrected chi connectivity index (χ1v) is 10.8. The molecule has 0 spiro atoms. The summed E-state index contributed by atoms with van der Waals surface area (Å²) in [5, 5.41) is 15.6. The number of carbonyl (C=O) groups excluding carboxylic acids is 1. The Morgan fingerprint density at radius 3 is 2.97 bits per heavy atom. The molecule has 4 heterocycles. The van der Waals surface area contributed by atoms with E-state index in [0.717, 1.165) is 22.2 Å². The minimum atomic E-state index is -0.803. The number of amides is 1. The molecule has 0 radical (unpaired) electrons. The van der Waals surface area contributed by atoms with Crippen LogP contribution in [0.4, 0.5) is 15.9 Å².